The van der Waals surface area contributed by atoms with Crippen LogP contribution in [0.2, 0.25) is 0 Å². The SMILES string of the molecule is COc1cc(C(=O)N(C)C2CCNC2)ccc1OCC(=O)NC(C)C. The second-order valence-electron chi connectivity index (χ2n) is 6.44. The number of carbonyl (C=O) groups excluding carboxylic acids is 2. The minimum atomic E-state index is -0.203. The van der Waals surface area contributed by atoms with E-state index in [9.17, 15) is 9.59 Å². The Labute approximate surface area is 148 Å². The number of carbonyl (C=O) groups is 2. The van der Waals surface area contributed by atoms with Gasteiger partial charge < -0.3 is 25.0 Å². The van der Waals surface area contributed by atoms with Crippen LogP contribution in [0.1, 0.15) is 30.6 Å². The highest BCUT2D eigenvalue weighted by atomic mass is 16.5. The van der Waals surface area contributed by atoms with Crippen molar-refractivity contribution in [1.82, 2.24) is 15.5 Å². The van der Waals surface area contributed by atoms with Crippen molar-refractivity contribution in [1.29, 1.82) is 0 Å². The minimum absolute atomic E-state index is 0.0543. The van der Waals surface area contributed by atoms with Gasteiger partial charge in [-0.2, -0.15) is 0 Å². The second-order valence-corrected chi connectivity index (χ2v) is 6.44. The number of methoxy groups -OCH3 is 1. The average Bonchev–Trinajstić information content (AvgIpc) is 3.12. The van der Waals surface area contributed by atoms with E-state index in [1.807, 2.05) is 20.9 Å². The van der Waals surface area contributed by atoms with Gasteiger partial charge >= 0.3 is 0 Å². The monoisotopic (exact) mass is 349 g/mol. The summed E-state index contributed by atoms with van der Waals surface area (Å²) in [4.78, 5) is 26.1. The molecule has 0 radical (unpaired) electrons. The van der Waals surface area contributed by atoms with Gasteiger partial charge in [0.25, 0.3) is 11.8 Å². The van der Waals surface area contributed by atoms with E-state index in [1.54, 1.807) is 23.1 Å². The highest BCUT2D eigenvalue weighted by molar-refractivity contribution is 5.95. The third-order valence-electron chi connectivity index (χ3n) is 4.12. The molecule has 7 heteroatoms. The van der Waals surface area contributed by atoms with Crippen LogP contribution in [-0.4, -0.2) is 62.7 Å². The molecule has 1 saturated heterocycles. The Morgan fingerprint density at radius 3 is 2.72 bits per heavy atom. The van der Waals surface area contributed by atoms with E-state index in [1.165, 1.54) is 7.11 Å². The Morgan fingerprint density at radius 1 is 1.36 bits per heavy atom. The van der Waals surface area contributed by atoms with Gasteiger partial charge in [0.15, 0.2) is 18.1 Å². The molecule has 2 rings (SSSR count). The molecule has 1 aromatic rings. The molecule has 0 spiro atoms. The van der Waals surface area contributed by atoms with Gasteiger partial charge in [0.2, 0.25) is 0 Å². The van der Waals surface area contributed by atoms with Crippen molar-refractivity contribution < 1.29 is 19.1 Å². The fraction of sp³-hybridized carbons (Fsp3) is 0.556. The maximum atomic E-state index is 12.6. The number of nitrogens with zero attached hydrogens (tertiary/aromatic N) is 1. The molecule has 7 nitrogen and oxygen atoms in total. The number of amides is 2. The maximum absolute atomic E-state index is 12.6. The zero-order chi connectivity index (χ0) is 18.4. The van der Waals surface area contributed by atoms with Gasteiger partial charge in [-0.1, -0.05) is 0 Å². The van der Waals surface area contributed by atoms with Crippen LogP contribution in [0, 0.1) is 0 Å². The molecule has 138 valence electrons. The number of rotatable bonds is 7. The number of nitrogens with one attached hydrogen (secondary N) is 2. The quantitative estimate of drug-likeness (QED) is 0.769. The Kier molecular flexibility index (Phi) is 6.64. The molecule has 0 aromatic heterocycles. The Hall–Kier alpha value is -2.28. The number of benzene rings is 1. The lowest BCUT2D eigenvalue weighted by Crippen LogP contribution is -2.38. The summed E-state index contributed by atoms with van der Waals surface area (Å²) in [6, 6.07) is 5.26. The Morgan fingerprint density at radius 2 is 2.12 bits per heavy atom. The smallest absolute Gasteiger partial charge is 0.258 e. The predicted molar refractivity (Wildman–Crippen MR) is 95.1 cm³/mol. The molecule has 1 aliphatic heterocycles. The molecule has 25 heavy (non-hydrogen) atoms. The first-order chi connectivity index (χ1) is 11.9. The molecular weight excluding hydrogens is 322 g/mol. The number of likely N-dealkylation sites (N-methyl/N-ethyl adjacent to an activating group) is 1. The van der Waals surface area contributed by atoms with E-state index < -0.39 is 0 Å². The molecule has 1 atom stereocenters. The van der Waals surface area contributed by atoms with E-state index in [0.29, 0.717) is 17.1 Å². The zero-order valence-electron chi connectivity index (χ0n) is 15.3. The van der Waals surface area contributed by atoms with Gasteiger partial charge in [-0.05, 0) is 45.0 Å². The van der Waals surface area contributed by atoms with Crippen molar-refractivity contribution >= 4 is 11.8 Å². The van der Waals surface area contributed by atoms with Crippen LogP contribution in [0.4, 0.5) is 0 Å². The van der Waals surface area contributed by atoms with E-state index in [0.717, 1.165) is 19.5 Å². The van der Waals surface area contributed by atoms with Crippen molar-refractivity contribution in [2.75, 3.05) is 33.9 Å². The normalized spacial score (nSPS) is 16.6. The van der Waals surface area contributed by atoms with E-state index >= 15 is 0 Å². The maximum Gasteiger partial charge on any atom is 0.258 e. The van der Waals surface area contributed by atoms with Crippen LogP contribution in [0.3, 0.4) is 0 Å². The van der Waals surface area contributed by atoms with Crippen molar-refractivity contribution in [3.63, 3.8) is 0 Å². The third kappa shape index (κ3) is 5.09. The molecule has 1 aliphatic rings. The lowest BCUT2D eigenvalue weighted by molar-refractivity contribution is -0.123. The van der Waals surface area contributed by atoms with E-state index in [4.69, 9.17) is 9.47 Å². The van der Waals surface area contributed by atoms with Gasteiger partial charge in [0, 0.05) is 31.2 Å². The number of hydrogen-bond donors (Lipinski definition) is 2. The molecule has 1 unspecified atom stereocenters. The first-order valence-corrected chi connectivity index (χ1v) is 8.50. The third-order valence-corrected chi connectivity index (χ3v) is 4.12. The molecule has 1 heterocycles. The summed E-state index contributed by atoms with van der Waals surface area (Å²) >= 11 is 0. The molecule has 0 bridgehead atoms. The Bertz CT molecular complexity index is 612. The van der Waals surface area contributed by atoms with Crippen LogP contribution in [0.5, 0.6) is 11.5 Å². The molecule has 2 N–H and O–H groups in total. The molecule has 1 fully saturated rings. The highest BCUT2D eigenvalue weighted by Crippen LogP contribution is 2.28. The highest BCUT2D eigenvalue weighted by Gasteiger charge is 2.24. The number of hydrogen-bond acceptors (Lipinski definition) is 5. The average molecular weight is 349 g/mol. The van der Waals surface area contributed by atoms with Crippen molar-refractivity contribution in [3.8, 4) is 11.5 Å². The molecule has 1 aromatic carbocycles. The van der Waals surface area contributed by atoms with Gasteiger partial charge in [0.1, 0.15) is 0 Å². The van der Waals surface area contributed by atoms with Gasteiger partial charge in [0.05, 0.1) is 7.11 Å². The topological polar surface area (TPSA) is 79.9 Å². The summed E-state index contributed by atoms with van der Waals surface area (Å²) in [6.07, 6.45) is 0.950. The first kappa shape index (κ1) is 19.1. The largest absolute Gasteiger partial charge is 0.493 e. The standard InChI is InChI=1S/C18H27N3O4/c1-12(2)20-17(22)11-25-15-6-5-13(9-16(15)24-4)18(23)21(3)14-7-8-19-10-14/h5-6,9,12,14,19H,7-8,10-11H2,1-4H3,(H,20,22). The molecule has 2 amide bonds. The lowest BCUT2D eigenvalue weighted by atomic mass is 10.1. The van der Waals surface area contributed by atoms with Crippen molar-refractivity contribution in [2.24, 2.45) is 0 Å². The van der Waals surface area contributed by atoms with Crippen LogP contribution in [-0.2, 0) is 4.79 Å². The summed E-state index contributed by atoms with van der Waals surface area (Å²) in [5.41, 5.74) is 0.533. The second kappa shape index (κ2) is 8.71. The minimum Gasteiger partial charge on any atom is -0.493 e. The van der Waals surface area contributed by atoms with Crippen LogP contribution >= 0.6 is 0 Å². The summed E-state index contributed by atoms with van der Waals surface area (Å²) in [5, 5.41) is 6.01. The van der Waals surface area contributed by atoms with E-state index in [-0.39, 0.29) is 30.5 Å². The van der Waals surface area contributed by atoms with Gasteiger partial charge in [-0.3, -0.25) is 9.59 Å². The van der Waals surface area contributed by atoms with Crippen molar-refractivity contribution in [2.45, 2.75) is 32.4 Å². The number of ether oxygens (including phenoxy) is 2. The zero-order valence-corrected chi connectivity index (χ0v) is 15.3. The molecule has 0 aliphatic carbocycles. The lowest BCUT2D eigenvalue weighted by Gasteiger charge is -2.24. The summed E-state index contributed by atoms with van der Waals surface area (Å²) in [5.74, 6) is 0.603. The molecular formula is C18H27N3O4. The summed E-state index contributed by atoms with van der Waals surface area (Å²) in [7, 11) is 3.32. The van der Waals surface area contributed by atoms with Gasteiger partial charge in [-0.25, -0.2) is 0 Å². The van der Waals surface area contributed by atoms with Crippen LogP contribution in [0.25, 0.3) is 0 Å². The Balaban J connectivity index is 2.05. The predicted octanol–water partition coefficient (Wildman–Crippen LogP) is 1.03. The molecule has 0 saturated carbocycles. The fourth-order valence-electron chi connectivity index (χ4n) is 2.77. The van der Waals surface area contributed by atoms with E-state index in [2.05, 4.69) is 10.6 Å². The van der Waals surface area contributed by atoms with Crippen molar-refractivity contribution in [3.05, 3.63) is 23.8 Å². The first-order valence-electron chi connectivity index (χ1n) is 8.50. The van der Waals surface area contributed by atoms with Crippen LogP contribution < -0.4 is 20.1 Å². The van der Waals surface area contributed by atoms with Crippen LogP contribution in [0.15, 0.2) is 18.2 Å². The fourth-order valence-corrected chi connectivity index (χ4v) is 2.77. The van der Waals surface area contributed by atoms with Gasteiger partial charge in [-0.15, -0.1) is 0 Å². The summed E-state index contributed by atoms with van der Waals surface area (Å²) < 4.78 is 10.8. The summed E-state index contributed by atoms with van der Waals surface area (Å²) in [6.45, 7) is 5.41.